The van der Waals surface area contributed by atoms with Crippen LogP contribution in [0.4, 0.5) is 0 Å². The molecule has 0 N–H and O–H groups in total. The Morgan fingerprint density at radius 2 is 2.00 bits per heavy atom. The van der Waals surface area contributed by atoms with Crippen LogP contribution >= 0.6 is 0 Å². The second-order valence-electron chi connectivity index (χ2n) is 1.84. The first-order valence-electron chi connectivity index (χ1n) is 3.20. The van der Waals surface area contributed by atoms with Crippen molar-refractivity contribution in [1.82, 2.24) is 0 Å². The molecule has 0 aliphatic heterocycles. The van der Waals surface area contributed by atoms with Crippen LogP contribution in [0.15, 0.2) is 12.2 Å². The Balaban J connectivity index is 0. The summed E-state index contributed by atoms with van der Waals surface area (Å²) in [4.78, 5) is 10.7. The molecule has 0 aromatic rings. The Kier molecular flexibility index (Phi) is 10.4. The van der Waals surface area contributed by atoms with Gasteiger partial charge in [0.25, 0.3) is 0 Å². The second-order valence-corrected chi connectivity index (χ2v) is 2.47. The summed E-state index contributed by atoms with van der Waals surface area (Å²) in [6.07, 6.45) is 0. The minimum atomic E-state index is -3.15. The first-order chi connectivity index (χ1) is 5.57. The summed E-state index contributed by atoms with van der Waals surface area (Å²) in [5, 5.41) is 0. The van der Waals surface area contributed by atoms with Gasteiger partial charge in [-0.3, -0.25) is 0 Å². The molecule has 0 saturated heterocycles. The fourth-order valence-electron chi connectivity index (χ4n) is 0.416. The van der Waals surface area contributed by atoms with Crippen LogP contribution in [0.2, 0.25) is 0 Å². The first kappa shape index (κ1) is 15.6. The van der Waals surface area contributed by atoms with Gasteiger partial charge in [-0.1, -0.05) is 6.58 Å². The van der Waals surface area contributed by atoms with E-state index in [2.05, 4.69) is 10.8 Å². The number of hydrogen-bond donors (Lipinski definition) is 1. The van der Waals surface area contributed by atoms with Crippen LogP contribution in [0.25, 0.3) is 0 Å². The predicted molar refractivity (Wildman–Crippen MR) is 49.2 cm³/mol. The fourth-order valence-corrected chi connectivity index (χ4v) is 0.681. The van der Waals surface area contributed by atoms with E-state index in [0.29, 0.717) is 6.61 Å². The number of carbonyl (C=O) groups excluding carboxylic acids is 1. The molecule has 0 aromatic carbocycles. The standard InChI is InChI=1S/C6H10O5S.Na.H/c1-3-10-4-5(2)6(7)11-12(8)9;;/h12H,2-4H2,1H3;;. The van der Waals surface area contributed by atoms with Crippen LogP contribution < -0.4 is 0 Å². The fraction of sp³-hybridized carbons (Fsp3) is 0.500. The van der Waals surface area contributed by atoms with Gasteiger partial charge in [0.15, 0.2) is 0 Å². The van der Waals surface area contributed by atoms with Gasteiger partial charge in [-0.05, 0) is 6.92 Å². The Morgan fingerprint density at radius 3 is 2.38 bits per heavy atom. The summed E-state index contributed by atoms with van der Waals surface area (Å²) < 4.78 is 28.4. The summed E-state index contributed by atoms with van der Waals surface area (Å²) >= 11 is 0. The van der Waals surface area contributed by atoms with Crippen LogP contribution in [0.1, 0.15) is 6.92 Å². The summed E-state index contributed by atoms with van der Waals surface area (Å²) in [5.41, 5.74) is -0.0175. The van der Waals surface area contributed by atoms with Crippen molar-refractivity contribution in [2.24, 2.45) is 0 Å². The molecule has 0 spiro atoms. The van der Waals surface area contributed by atoms with Gasteiger partial charge in [0.2, 0.25) is 0 Å². The predicted octanol–water partition coefficient (Wildman–Crippen LogP) is -1.000. The second kappa shape index (κ2) is 8.71. The average Bonchev–Trinajstić information content (AvgIpc) is 1.98. The van der Waals surface area contributed by atoms with Crippen molar-refractivity contribution >= 4 is 46.5 Å². The van der Waals surface area contributed by atoms with Crippen LogP contribution in [0, 0.1) is 0 Å². The maximum absolute atomic E-state index is 10.7. The third kappa shape index (κ3) is 8.45. The summed E-state index contributed by atoms with van der Waals surface area (Å²) in [5.74, 6) is -0.973. The van der Waals surface area contributed by atoms with E-state index in [1.165, 1.54) is 0 Å². The quantitative estimate of drug-likeness (QED) is 0.364. The molecule has 0 heterocycles. The molecule has 5 nitrogen and oxygen atoms in total. The molecular weight excluding hydrogens is 207 g/mol. The summed E-state index contributed by atoms with van der Waals surface area (Å²) in [7, 11) is -3.15. The van der Waals surface area contributed by atoms with Crippen molar-refractivity contribution < 1.29 is 22.1 Å². The molecule has 0 rings (SSSR count). The Hall–Kier alpha value is 0.120. The van der Waals surface area contributed by atoms with E-state index in [9.17, 15) is 13.2 Å². The molecule has 0 fully saturated rings. The molecule has 0 aliphatic carbocycles. The van der Waals surface area contributed by atoms with Crippen molar-refractivity contribution in [3.8, 4) is 0 Å². The van der Waals surface area contributed by atoms with Crippen LogP contribution in [0.3, 0.4) is 0 Å². The van der Waals surface area contributed by atoms with Crippen LogP contribution in [0.5, 0.6) is 0 Å². The Bertz CT molecular complexity index is 239. The van der Waals surface area contributed by atoms with Crippen LogP contribution in [-0.4, -0.2) is 57.2 Å². The van der Waals surface area contributed by atoms with Crippen LogP contribution in [-0.2, 0) is 24.7 Å². The number of rotatable bonds is 5. The number of carbonyl (C=O) groups is 1. The third-order valence-corrected chi connectivity index (χ3v) is 1.24. The average molecular weight is 218 g/mol. The van der Waals surface area contributed by atoms with Gasteiger partial charge in [0.05, 0.1) is 12.2 Å². The SMILES string of the molecule is C=C(COCC)C(=O)O[SH](=O)=O.[NaH]. The summed E-state index contributed by atoms with van der Waals surface area (Å²) in [6.45, 7) is 5.43. The van der Waals surface area contributed by atoms with E-state index in [-0.39, 0.29) is 41.7 Å². The van der Waals surface area contributed by atoms with E-state index >= 15 is 0 Å². The number of thiol groups is 1. The van der Waals surface area contributed by atoms with Gasteiger partial charge in [-0.2, -0.15) is 8.42 Å². The molecule has 0 amide bonds. The topological polar surface area (TPSA) is 69.7 Å². The molecule has 13 heavy (non-hydrogen) atoms. The zero-order valence-corrected chi connectivity index (χ0v) is 7.50. The molecule has 0 radical (unpaired) electrons. The monoisotopic (exact) mass is 218 g/mol. The van der Waals surface area contributed by atoms with E-state index in [4.69, 9.17) is 4.74 Å². The third-order valence-electron chi connectivity index (χ3n) is 0.927. The number of ether oxygens (including phenoxy) is 1. The van der Waals surface area contributed by atoms with Crippen molar-refractivity contribution in [3.63, 3.8) is 0 Å². The van der Waals surface area contributed by atoms with Crippen molar-refractivity contribution in [2.75, 3.05) is 13.2 Å². The Morgan fingerprint density at radius 1 is 1.46 bits per heavy atom. The molecule has 72 valence electrons. The first-order valence-corrected chi connectivity index (χ1v) is 4.29. The van der Waals surface area contributed by atoms with Gasteiger partial charge in [0, 0.05) is 6.61 Å². The van der Waals surface area contributed by atoms with Gasteiger partial charge >= 0.3 is 46.5 Å². The van der Waals surface area contributed by atoms with E-state index in [1.54, 1.807) is 6.92 Å². The molecule has 0 bridgehead atoms. The molecule has 0 aromatic heterocycles. The van der Waals surface area contributed by atoms with E-state index in [1.807, 2.05) is 0 Å². The van der Waals surface area contributed by atoms with Gasteiger partial charge in [0.1, 0.15) is 0 Å². The van der Waals surface area contributed by atoms with Gasteiger partial charge in [-0.25, -0.2) is 4.79 Å². The Labute approximate surface area is 101 Å². The van der Waals surface area contributed by atoms with E-state index in [0.717, 1.165) is 0 Å². The normalized spacial score (nSPS) is 9.08. The molecule has 0 aliphatic rings. The van der Waals surface area contributed by atoms with Gasteiger partial charge < -0.3 is 8.92 Å². The van der Waals surface area contributed by atoms with Crippen molar-refractivity contribution in [3.05, 3.63) is 12.2 Å². The number of hydrogen-bond acceptors (Lipinski definition) is 5. The molecule has 7 heteroatoms. The van der Waals surface area contributed by atoms with Crippen molar-refractivity contribution in [2.45, 2.75) is 6.92 Å². The minimum absolute atomic E-state index is 0. The zero-order valence-electron chi connectivity index (χ0n) is 6.61. The molecule has 0 saturated carbocycles. The van der Waals surface area contributed by atoms with Gasteiger partial charge in [-0.15, -0.1) is 0 Å². The molecule has 0 unspecified atom stereocenters. The van der Waals surface area contributed by atoms with Crippen molar-refractivity contribution in [1.29, 1.82) is 0 Å². The molecule has 0 atom stereocenters. The maximum atomic E-state index is 10.7. The zero-order chi connectivity index (χ0) is 9.56. The summed E-state index contributed by atoms with van der Waals surface area (Å²) in [6, 6.07) is 0. The molecular formula is C6H11NaO5S. The van der Waals surface area contributed by atoms with E-state index < -0.39 is 17.0 Å².